The Balaban J connectivity index is 1.96. The highest BCUT2D eigenvalue weighted by atomic mass is 79.9. The van der Waals surface area contributed by atoms with Gasteiger partial charge in [0.05, 0.1) is 6.10 Å². The molecule has 0 aliphatic carbocycles. The van der Waals surface area contributed by atoms with Crippen LogP contribution in [-0.2, 0) is 4.74 Å². The minimum Gasteiger partial charge on any atom is -0.378 e. The summed E-state index contributed by atoms with van der Waals surface area (Å²) in [6.45, 7) is 5.59. The normalized spacial score (nSPS) is 26.4. The van der Waals surface area contributed by atoms with Crippen molar-refractivity contribution < 1.29 is 4.74 Å². The summed E-state index contributed by atoms with van der Waals surface area (Å²) in [5, 5.41) is 0. The lowest BCUT2D eigenvalue weighted by Crippen LogP contribution is -2.07. The minimum absolute atomic E-state index is 0.587. The third-order valence-electron chi connectivity index (χ3n) is 2.97. The van der Waals surface area contributed by atoms with E-state index in [0.29, 0.717) is 10.9 Å². The van der Waals surface area contributed by atoms with Gasteiger partial charge in [0.25, 0.3) is 0 Å². The molecular formula is C12H23BrO. The molecule has 84 valence electrons. The van der Waals surface area contributed by atoms with Crippen molar-refractivity contribution in [2.24, 2.45) is 5.92 Å². The van der Waals surface area contributed by atoms with Crippen LogP contribution in [0, 0.1) is 5.92 Å². The first-order valence-electron chi connectivity index (χ1n) is 5.94. The van der Waals surface area contributed by atoms with Crippen LogP contribution in [0.25, 0.3) is 0 Å². The quantitative estimate of drug-likeness (QED) is 0.654. The van der Waals surface area contributed by atoms with Crippen LogP contribution in [0.5, 0.6) is 0 Å². The minimum atomic E-state index is 0.587. The van der Waals surface area contributed by atoms with Crippen LogP contribution in [0.3, 0.4) is 0 Å². The van der Waals surface area contributed by atoms with Crippen LogP contribution in [0.4, 0.5) is 0 Å². The Bertz CT molecular complexity index is 141. The van der Waals surface area contributed by atoms with E-state index in [0.717, 1.165) is 12.5 Å². The third kappa shape index (κ3) is 5.35. The molecule has 0 aromatic carbocycles. The van der Waals surface area contributed by atoms with Crippen molar-refractivity contribution in [3.8, 4) is 0 Å². The molecule has 0 aromatic heterocycles. The summed E-state index contributed by atoms with van der Waals surface area (Å²) in [6, 6.07) is 0. The molecule has 0 amide bonds. The topological polar surface area (TPSA) is 9.23 Å². The van der Waals surface area contributed by atoms with Crippen LogP contribution in [0.15, 0.2) is 0 Å². The standard InChI is InChI=1S/C12H23BrO/c1-10(9-11(2)13)5-3-6-12-7-4-8-14-12/h10-12H,3-9H2,1-2H3. The molecule has 14 heavy (non-hydrogen) atoms. The van der Waals surface area contributed by atoms with E-state index in [-0.39, 0.29) is 0 Å². The summed E-state index contributed by atoms with van der Waals surface area (Å²) in [5.74, 6) is 0.853. The van der Waals surface area contributed by atoms with Crippen molar-refractivity contribution in [3.63, 3.8) is 0 Å². The van der Waals surface area contributed by atoms with Gasteiger partial charge < -0.3 is 4.74 Å². The van der Waals surface area contributed by atoms with Gasteiger partial charge in [-0.15, -0.1) is 0 Å². The van der Waals surface area contributed by atoms with Crippen LogP contribution in [0.2, 0.25) is 0 Å². The van der Waals surface area contributed by atoms with Gasteiger partial charge in [-0.2, -0.15) is 0 Å². The van der Waals surface area contributed by atoms with Gasteiger partial charge in [-0.1, -0.05) is 42.6 Å². The molecule has 1 aliphatic heterocycles. The van der Waals surface area contributed by atoms with Crippen molar-refractivity contribution >= 4 is 15.9 Å². The molecule has 0 aromatic rings. The van der Waals surface area contributed by atoms with Crippen molar-refractivity contribution in [2.45, 2.75) is 63.3 Å². The monoisotopic (exact) mass is 262 g/mol. The number of halogens is 1. The van der Waals surface area contributed by atoms with Crippen LogP contribution >= 0.6 is 15.9 Å². The highest BCUT2D eigenvalue weighted by molar-refractivity contribution is 9.09. The molecular weight excluding hydrogens is 240 g/mol. The van der Waals surface area contributed by atoms with Crippen LogP contribution in [0.1, 0.15) is 52.4 Å². The molecule has 1 rings (SSSR count). The zero-order chi connectivity index (χ0) is 10.4. The first-order chi connectivity index (χ1) is 6.68. The zero-order valence-corrected chi connectivity index (χ0v) is 11.1. The second-order valence-corrected chi connectivity index (χ2v) is 6.25. The first-order valence-corrected chi connectivity index (χ1v) is 6.85. The fraction of sp³-hybridized carbons (Fsp3) is 1.00. The molecule has 0 spiro atoms. The van der Waals surface area contributed by atoms with E-state index in [1.165, 1.54) is 38.5 Å². The Kier molecular flexibility index (Phi) is 6.11. The van der Waals surface area contributed by atoms with E-state index in [1.807, 2.05) is 0 Å². The number of hydrogen-bond donors (Lipinski definition) is 0. The zero-order valence-electron chi connectivity index (χ0n) is 9.47. The maximum Gasteiger partial charge on any atom is 0.0576 e. The predicted octanol–water partition coefficient (Wildman–Crippen LogP) is 4.15. The Morgan fingerprint density at radius 3 is 2.79 bits per heavy atom. The molecule has 1 fully saturated rings. The Morgan fingerprint density at radius 1 is 1.43 bits per heavy atom. The van der Waals surface area contributed by atoms with Crippen molar-refractivity contribution in [2.75, 3.05) is 6.61 Å². The summed E-state index contributed by atoms with van der Waals surface area (Å²) < 4.78 is 5.61. The van der Waals surface area contributed by atoms with Crippen molar-refractivity contribution in [3.05, 3.63) is 0 Å². The summed E-state index contributed by atoms with van der Waals surface area (Å²) in [7, 11) is 0. The van der Waals surface area contributed by atoms with Gasteiger partial charge in [0.2, 0.25) is 0 Å². The SMILES string of the molecule is CC(Br)CC(C)CCCC1CCCO1. The van der Waals surface area contributed by atoms with Gasteiger partial charge in [0.15, 0.2) is 0 Å². The van der Waals surface area contributed by atoms with Crippen molar-refractivity contribution in [1.29, 1.82) is 0 Å². The number of ether oxygens (including phenoxy) is 1. The van der Waals surface area contributed by atoms with Gasteiger partial charge in [-0.25, -0.2) is 0 Å². The van der Waals surface area contributed by atoms with E-state index in [4.69, 9.17) is 4.74 Å². The second-order valence-electron chi connectivity index (χ2n) is 4.69. The summed E-state index contributed by atoms with van der Waals surface area (Å²) in [5.41, 5.74) is 0. The highest BCUT2D eigenvalue weighted by Crippen LogP contribution is 2.22. The molecule has 3 unspecified atom stereocenters. The number of rotatable bonds is 6. The van der Waals surface area contributed by atoms with E-state index < -0.39 is 0 Å². The van der Waals surface area contributed by atoms with Gasteiger partial charge in [0.1, 0.15) is 0 Å². The molecule has 3 atom stereocenters. The Labute approximate surface area is 96.7 Å². The van der Waals surface area contributed by atoms with Gasteiger partial charge in [-0.05, 0) is 31.6 Å². The summed E-state index contributed by atoms with van der Waals surface area (Å²) in [4.78, 5) is 0.667. The third-order valence-corrected chi connectivity index (χ3v) is 3.35. The van der Waals surface area contributed by atoms with Crippen LogP contribution in [-0.4, -0.2) is 17.5 Å². The number of alkyl halides is 1. The molecule has 1 heterocycles. The molecule has 1 saturated heterocycles. The van der Waals surface area contributed by atoms with Crippen LogP contribution < -0.4 is 0 Å². The second kappa shape index (κ2) is 6.84. The molecule has 2 heteroatoms. The van der Waals surface area contributed by atoms with Gasteiger partial charge >= 0.3 is 0 Å². The van der Waals surface area contributed by atoms with Gasteiger partial charge in [0, 0.05) is 11.4 Å². The van der Waals surface area contributed by atoms with E-state index >= 15 is 0 Å². The molecule has 0 bridgehead atoms. The lowest BCUT2D eigenvalue weighted by Gasteiger charge is -2.14. The maximum absolute atomic E-state index is 5.61. The predicted molar refractivity (Wildman–Crippen MR) is 65.0 cm³/mol. The summed E-state index contributed by atoms with van der Waals surface area (Å²) >= 11 is 3.61. The molecule has 1 aliphatic rings. The van der Waals surface area contributed by atoms with E-state index in [1.54, 1.807) is 0 Å². The fourth-order valence-corrected chi connectivity index (χ4v) is 2.88. The van der Waals surface area contributed by atoms with Gasteiger partial charge in [-0.3, -0.25) is 0 Å². The first kappa shape index (κ1) is 12.5. The largest absolute Gasteiger partial charge is 0.378 e. The smallest absolute Gasteiger partial charge is 0.0576 e. The molecule has 0 saturated carbocycles. The Hall–Kier alpha value is 0.440. The summed E-state index contributed by atoms with van der Waals surface area (Å²) in [6.07, 6.45) is 8.43. The highest BCUT2D eigenvalue weighted by Gasteiger charge is 2.15. The molecule has 1 nitrogen and oxygen atoms in total. The maximum atomic E-state index is 5.61. The average Bonchev–Trinajstić information content (AvgIpc) is 2.55. The number of hydrogen-bond acceptors (Lipinski definition) is 1. The average molecular weight is 263 g/mol. The lowest BCUT2D eigenvalue weighted by atomic mass is 9.97. The molecule has 0 radical (unpaired) electrons. The van der Waals surface area contributed by atoms with Crippen molar-refractivity contribution in [1.82, 2.24) is 0 Å². The Morgan fingerprint density at radius 2 is 2.21 bits per heavy atom. The lowest BCUT2D eigenvalue weighted by molar-refractivity contribution is 0.101. The van der Waals surface area contributed by atoms with E-state index in [2.05, 4.69) is 29.8 Å². The fourth-order valence-electron chi connectivity index (χ4n) is 2.24. The van der Waals surface area contributed by atoms with E-state index in [9.17, 15) is 0 Å². The molecule has 0 N–H and O–H groups in total.